The van der Waals surface area contributed by atoms with E-state index in [-0.39, 0.29) is 22.6 Å². The van der Waals surface area contributed by atoms with Gasteiger partial charge in [0.1, 0.15) is 5.75 Å². The normalized spacial score (nSPS) is 14.8. The molecule has 9 nitrogen and oxygen atoms in total. The van der Waals surface area contributed by atoms with Crippen molar-refractivity contribution in [3.63, 3.8) is 0 Å². The molecule has 0 unspecified atom stereocenters. The van der Waals surface area contributed by atoms with E-state index < -0.39 is 15.9 Å². The van der Waals surface area contributed by atoms with Crippen molar-refractivity contribution in [2.45, 2.75) is 4.90 Å². The summed E-state index contributed by atoms with van der Waals surface area (Å²) in [5, 5.41) is 16.4. The van der Waals surface area contributed by atoms with Gasteiger partial charge in [-0.2, -0.15) is 0 Å². The fraction of sp³-hybridized carbons (Fsp3) is 0.0417. The Morgan fingerprint density at radius 2 is 1.81 bits per heavy atom. The number of amides is 2. The number of amidine groups is 1. The zero-order chi connectivity index (χ0) is 25.9. The molecule has 1 heterocycles. The lowest BCUT2D eigenvalue weighted by Gasteiger charge is -2.13. The van der Waals surface area contributed by atoms with Crippen molar-refractivity contribution in [2.24, 2.45) is 5.14 Å². The summed E-state index contributed by atoms with van der Waals surface area (Å²) in [4.78, 5) is 26.9. The van der Waals surface area contributed by atoms with Crippen LogP contribution < -0.4 is 20.1 Å². The quantitative estimate of drug-likeness (QED) is 0.384. The zero-order valence-electron chi connectivity index (χ0n) is 18.5. The zero-order valence-corrected chi connectivity index (χ0v) is 20.9. The number of anilines is 2. The highest BCUT2D eigenvalue weighted by molar-refractivity contribution is 8.19. The molecule has 0 atom stereocenters. The van der Waals surface area contributed by atoms with Crippen molar-refractivity contribution >= 4 is 67.8 Å². The average Bonchev–Trinajstić information content (AvgIpc) is 3.11. The summed E-state index contributed by atoms with van der Waals surface area (Å²) in [6.45, 7) is -0.359. The van der Waals surface area contributed by atoms with Crippen LogP contribution in [0.2, 0.25) is 5.02 Å². The number of halogens is 1. The Labute approximate surface area is 216 Å². The maximum absolute atomic E-state index is 13.0. The lowest BCUT2D eigenvalue weighted by Crippen LogP contribution is -2.27. The van der Waals surface area contributed by atoms with E-state index in [1.807, 2.05) is 6.07 Å². The fourth-order valence-corrected chi connectivity index (χ4v) is 4.82. The number of thioether (sulfide) groups is 1. The molecular weight excluding hydrogens is 524 g/mol. The number of nitrogens with zero attached hydrogens (tertiary/aromatic N) is 1. The molecule has 0 aromatic heterocycles. The minimum Gasteiger partial charge on any atom is -0.483 e. The first kappa shape index (κ1) is 25.5. The van der Waals surface area contributed by atoms with E-state index in [2.05, 4.69) is 5.32 Å². The molecule has 0 radical (unpaired) electrons. The Morgan fingerprint density at radius 1 is 1.11 bits per heavy atom. The molecule has 1 fully saturated rings. The molecule has 12 heteroatoms. The second-order valence-electron chi connectivity index (χ2n) is 7.48. The number of ether oxygens (including phenoxy) is 1. The van der Waals surface area contributed by atoms with Gasteiger partial charge in [0.05, 0.1) is 15.5 Å². The third-order valence-corrected chi connectivity index (χ3v) is 6.97. The van der Waals surface area contributed by atoms with Crippen molar-refractivity contribution in [3.8, 4) is 5.75 Å². The number of para-hydroxylation sites is 1. The molecule has 2 amide bonds. The van der Waals surface area contributed by atoms with Crippen LogP contribution in [-0.2, 0) is 19.6 Å². The van der Waals surface area contributed by atoms with Crippen LogP contribution in [0.4, 0.5) is 11.4 Å². The fourth-order valence-electron chi connectivity index (χ4n) is 3.27. The minimum atomic E-state index is -3.83. The van der Waals surface area contributed by atoms with Crippen molar-refractivity contribution in [2.75, 3.05) is 16.8 Å². The first-order chi connectivity index (χ1) is 17.1. The monoisotopic (exact) mass is 542 g/mol. The van der Waals surface area contributed by atoms with E-state index >= 15 is 0 Å². The first-order valence-electron chi connectivity index (χ1n) is 10.3. The molecule has 0 saturated carbocycles. The van der Waals surface area contributed by atoms with E-state index in [0.717, 1.165) is 11.8 Å². The van der Waals surface area contributed by atoms with Gasteiger partial charge in [0.2, 0.25) is 10.0 Å². The number of carbonyl (C=O) groups is 2. The van der Waals surface area contributed by atoms with Crippen LogP contribution in [0.3, 0.4) is 0 Å². The summed E-state index contributed by atoms with van der Waals surface area (Å²) >= 11 is 7.15. The van der Waals surface area contributed by atoms with E-state index in [9.17, 15) is 18.0 Å². The predicted octanol–water partition coefficient (Wildman–Crippen LogP) is 4.06. The van der Waals surface area contributed by atoms with Crippen LogP contribution in [0.25, 0.3) is 6.08 Å². The molecule has 1 aliphatic rings. The third-order valence-electron chi connectivity index (χ3n) is 4.92. The second kappa shape index (κ2) is 10.5. The van der Waals surface area contributed by atoms with E-state index in [0.29, 0.717) is 32.6 Å². The number of nitrogens with one attached hydrogen (secondary N) is 2. The highest BCUT2D eigenvalue weighted by Crippen LogP contribution is 2.36. The lowest BCUT2D eigenvalue weighted by atomic mass is 10.1. The maximum Gasteiger partial charge on any atom is 0.271 e. The van der Waals surface area contributed by atoms with Gasteiger partial charge in [-0.3, -0.25) is 19.9 Å². The number of rotatable bonds is 7. The molecular formula is C24H19ClN4O5S2. The van der Waals surface area contributed by atoms with Crippen LogP contribution in [-0.4, -0.2) is 32.0 Å². The van der Waals surface area contributed by atoms with Crippen molar-refractivity contribution < 1.29 is 22.7 Å². The molecule has 0 bridgehead atoms. The van der Waals surface area contributed by atoms with Gasteiger partial charge in [0.15, 0.2) is 11.8 Å². The largest absolute Gasteiger partial charge is 0.483 e. The number of primary sulfonamides is 1. The maximum atomic E-state index is 13.0. The van der Waals surface area contributed by atoms with Gasteiger partial charge >= 0.3 is 0 Å². The lowest BCUT2D eigenvalue weighted by molar-refractivity contribution is -0.118. The highest BCUT2D eigenvalue weighted by atomic mass is 35.5. The number of hydrogen-bond donors (Lipinski definition) is 3. The standard InChI is InChI=1S/C24H19ClN4O5S2/c25-16-6-11-20(34-14-22(30)28-17-7-9-19(10-8-17)36(27,32)33)15(12-16)13-21-23(31)29(24(26)35-21)18-4-2-1-3-5-18/h1-13,26H,14H2,(H,28,30)(H2,27,32,33)/b21-13-,26-24?. The number of sulfonamides is 1. The molecule has 1 saturated heterocycles. The van der Waals surface area contributed by atoms with Gasteiger partial charge in [-0.25, -0.2) is 13.6 Å². The summed E-state index contributed by atoms with van der Waals surface area (Å²) in [5.41, 5.74) is 1.41. The number of carbonyl (C=O) groups excluding carboxylic acids is 2. The molecule has 1 aliphatic heterocycles. The van der Waals surface area contributed by atoms with Gasteiger partial charge in [0.25, 0.3) is 11.8 Å². The smallest absolute Gasteiger partial charge is 0.271 e. The van der Waals surface area contributed by atoms with Crippen molar-refractivity contribution in [1.82, 2.24) is 0 Å². The molecule has 3 aromatic carbocycles. The Morgan fingerprint density at radius 3 is 2.47 bits per heavy atom. The van der Waals surface area contributed by atoms with Crippen LogP contribution in [0, 0.1) is 5.41 Å². The van der Waals surface area contributed by atoms with Crippen LogP contribution in [0.15, 0.2) is 82.6 Å². The van der Waals surface area contributed by atoms with Crippen LogP contribution in [0.1, 0.15) is 5.56 Å². The Hall–Kier alpha value is -3.64. The number of hydrogen-bond acceptors (Lipinski definition) is 7. The Bertz CT molecular complexity index is 1480. The SMILES string of the molecule is N=C1S/C(=C\c2cc(Cl)ccc2OCC(=O)Nc2ccc(S(N)(=O)=O)cc2)C(=O)N1c1ccccc1. The predicted molar refractivity (Wildman–Crippen MR) is 141 cm³/mol. The topological polar surface area (TPSA) is 143 Å². The van der Waals surface area contributed by atoms with Crippen LogP contribution in [0.5, 0.6) is 5.75 Å². The van der Waals surface area contributed by atoms with Crippen molar-refractivity contribution in [3.05, 3.63) is 88.3 Å². The van der Waals surface area contributed by atoms with Gasteiger partial charge in [-0.1, -0.05) is 29.8 Å². The number of nitrogens with two attached hydrogens (primary N) is 1. The van der Waals surface area contributed by atoms with Crippen LogP contribution >= 0.6 is 23.4 Å². The molecule has 0 spiro atoms. The molecule has 184 valence electrons. The Kier molecular flexibility index (Phi) is 7.45. The van der Waals surface area contributed by atoms with E-state index in [1.54, 1.807) is 48.5 Å². The minimum absolute atomic E-state index is 0.0646. The van der Waals surface area contributed by atoms with Gasteiger partial charge in [-0.05, 0) is 72.4 Å². The summed E-state index contributed by atoms with van der Waals surface area (Å²) < 4.78 is 28.4. The summed E-state index contributed by atoms with van der Waals surface area (Å²) in [7, 11) is -3.83. The third kappa shape index (κ3) is 5.94. The molecule has 0 aliphatic carbocycles. The number of benzene rings is 3. The highest BCUT2D eigenvalue weighted by Gasteiger charge is 2.33. The Balaban J connectivity index is 1.48. The van der Waals surface area contributed by atoms with Gasteiger partial charge in [0, 0.05) is 16.3 Å². The summed E-state index contributed by atoms with van der Waals surface area (Å²) in [5.74, 6) is -0.539. The molecule has 4 rings (SSSR count). The molecule has 36 heavy (non-hydrogen) atoms. The van der Waals surface area contributed by atoms with E-state index in [1.165, 1.54) is 29.2 Å². The van der Waals surface area contributed by atoms with Gasteiger partial charge < -0.3 is 10.1 Å². The summed E-state index contributed by atoms with van der Waals surface area (Å²) in [6, 6.07) is 19.0. The average molecular weight is 543 g/mol. The first-order valence-corrected chi connectivity index (χ1v) is 13.1. The summed E-state index contributed by atoms with van der Waals surface area (Å²) in [6.07, 6.45) is 1.57. The van der Waals surface area contributed by atoms with E-state index in [4.69, 9.17) is 26.9 Å². The van der Waals surface area contributed by atoms with Crippen molar-refractivity contribution in [1.29, 1.82) is 5.41 Å². The second-order valence-corrected chi connectivity index (χ2v) is 10.5. The molecule has 4 N–H and O–H groups in total. The van der Waals surface area contributed by atoms with Gasteiger partial charge in [-0.15, -0.1) is 0 Å². The molecule has 3 aromatic rings.